The van der Waals surface area contributed by atoms with Crippen molar-refractivity contribution in [1.82, 2.24) is 4.90 Å². The van der Waals surface area contributed by atoms with Crippen LogP contribution in [0.4, 0.5) is 5.69 Å². The number of hydrogen-bond acceptors (Lipinski definition) is 4. The summed E-state index contributed by atoms with van der Waals surface area (Å²) in [5.74, 6) is -0.0815. The summed E-state index contributed by atoms with van der Waals surface area (Å²) in [4.78, 5) is 14.6. The fourth-order valence-electron chi connectivity index (χ4n) is 2.04. The molecule has 0 saturated carbocycles. The number of carbonyl (C=O) groups is 1. The van der Waals surface area contributed by atoms with E-state index in [9.17, 15) is 9.90 Å². The molecular formula is C15H20N2O2S. The van der Waals surface area contributed by atoms with Crippen LogP contribution >= 0.6 is 11.3 Å². The van der Waals surface area contributed by atoms with Crippen LogP contribution in [-0.2, 0) is 0 Å². The van der Waals surface area contributed by atoms with E-state index in [1.165, 1.54) is 11.3 Å². The van der Waals surface area contributed by atoms with Crippen LogP contribution in [-0.4, -0.2) is 35.6 Å². The van der Waals surface area contributed by atoms with Crippen molar-refractivity contribution in [1.29, 1.82) is 0 Å². The number of fused-ring (bicyclic) bond motifs is 1. The smallest absolute Gasteiger partial charge is 0.265 e. The highest BCUT2D eigenvalue weighted by molar-refractivity contribution is 7.21. The summed E-state index contributed by atoms with van der Waals surface area (Å²) in [6.45, 7) is 4.25. The molecule has 0 aliphatic carbocycles. The maximum atomic E-state index is 12.4. The molecule has 1 atom stereocenters. The van der Waals surface area contributed by atoms with Crippen LogP contribution in [0.1, 0.15) is 28.6 Å². The van der Waals surface area contributed by atoms with Crippen molar-refractivity contribution in [3.05, 3.63) is 28.6 Å². The normalized spacial score (nSPS) is 12.6. The fourth-order valence-corrected chi connectivity index (χ4v) is 3.25. The molecule has 108 valence electrons. The average Bonchev–Trinajstić information content (AvgIpc) is 2.71. The van der Waals surface area contributed by atoms with Gasteiger partial charge < -0.3 is 15.7 Å². The third-order valence-electron chi connectivity index (χ3n) is 3.31. The molecular weight excluding hydrogens is 272 g/mol. The second kappa shape index (κ2) is 5.81. The molecule has 0 aliphatic rings. The maximum absolute atomic E-state index is 12.4. The van der Waals surface area contributed by atoms with E-state index >= 15 is 0 Å². The van der Waals surface area contributed by atoms with Gasteiger partial charge in [-0.1, -0.05) is 12.1 Å². The monoisotopic (exact) mass is 292 g/mol. The second-order valence-corrected chi connectivity index (χ2v) is 6.26. The standard InChI is InChI=1S/C15H20N2O2S/c1-9-4-5-11-12(8-9)20-14(13(11)16)15(19)17(3)7-6-10(2)18/h4-5,8,10,18H,6-7,16H2,1-3H3. The van der Waals surface area contributed by atoms with Crippen LogP contribution < -0.4 is 5.73 Å². The van der Waals surface area contributed by atoms with Gasteiger partial charge in [-0.25, -0.2) is 0 Å². The van der Waals surface area contributed by atoms with Crippen molar-refractivity contribution >= 4 is 33.0 Å². The molecule has 1 aromatic carbocycles. The van der Waals surface area contributed by atoms with Gasteiger partial charge in [0.25, 0.3) is 5.91 Å². The first-order chi connectivity index (χ1) is 9.40. The van der Waals surface area contributed by atoms with Gasteiger partial charge in [0.05, 0.1) is 11.8 Å². The van der Waals surface area contributed by atoms with Crippen LogP contribution in [0.3, 0.4) is 0 Å². The van der Waals surface area contributed by atoms with Crippen molar-refractivity contribution in [3.63, 3.8) is 0 Å². The number of aryl methyl sites for hydroxylation is 1. The Bertz CT molecular complexity index is 634. The van der Waals surface area contributed by atoms with Gasteiger partial charge >= 0.3 is 0 Å². The number of nitrogens with two attached hydrogens (primary N) is 1. The van der Waals surface area contributed by atoms with Gasteiger partial charge in [-0.15, -0.1) is 11.3 Å². The number of nitrogen functional groups attached to an aromatic ring is 1. The summed E-state index contributed by atoms with van der Waals surface area (Å²) in [5, 5.41) is 10.2. The van der Waals surface area contributed by atoms with E-state index in [0.29, 0.717) is 23.5 Å². The molecule has 0 aliphatic heterocycles. The number of amides is 1. The SMILES string of the molecule is Cc1ccc2c(N)c(C(=O)N(C)CCC(C)O)sc2c1. The first-order valence-corrected chi connectivity index (χ1v) is 7.44. The van der Waals surface area contributed by atoms with E-state index in [-0.39, 0.29) is 5.91 Å². The molecule has 2 rings (SSSR count). The first kappa shape index (κ1) is 14.8. The zero-order valence-electron chi connectivity index (χ0n) is 12.0. The highest BCUT2D eigenvalue weighted by Gasteiger charge is 2.19. The predicted octanol–water partition coefficient (Wildman–Crippen LogP) is 2.63. The van der Waals surface area contributed by atoms with Gasteiger partial charge in [0, 0.05) is 23.7 Å². The number of hydrogen-bond donors (Lipinski definition) is 2. The minimum Gasteiger partial charge on any atom is -0.397 e. The lowest BCUT2D eigenvalue weighted by Gasteiger charge is -2.17. The average molecular weight is 292 g/mol. The molecule has 3 N–H and O–H groups in total. The molecule has 0 radical (unpaired) electrons. The summed E-state index contributed by atoms with van der Waals surface area (Å²) in [5.41, 5.74) is 7.80. The molecule has 4 nitrogen and oxygen atoms in total. The third kappa shape index (κ3) is 2.94. The van der Waals surface area contributed by atoms with Crippen LogP contribution in [0.5, 0.6) is 0 Å². The van der Waals surface area contributed by atoms with E-state index < -0.39 is 6.10 Å². The number of aliphatic hydroxyl groups excluding tert-OH is 1. The molecule has 5 heteroatoms. The highest BCUT2D eigenvalue weighted by Crippen LogP contribution is 2.34. The zero-order chi connectivity index (χ0) is 14.9. The Balaban J connectivity index is 2.28. The van der Waals surface area contributed by atoms with Crippen LogP contribution in [0, 0.1) is 6.92 Å². The Labute approximate surface area is 122 Å². The quantitative estimate of drug-likeness (QED) is 0.910. The van der Waals surface area contributed by atoms with Crippen molar-refractivity contribution < 1.29 is 9.90 Å². The van der Waals surface area contributed by atoms with Crippen LogP contribution in [0.15, 0.2) is 18.2 Å². The van der Waals surface area contributed by atoms with Gasteiger partial charge in [-0.05, 0) is 31.9 Å². The van der Waals surface area contributed by atoms with E-state index in [1.807, 2.05) is 25.1 Å². The van der Waals surface area contributed by atoms with E-state index in [2.05, 4.69) is 0 Å². The van der Waals surface area contributed by atoms with Crippen molar-refractivity contribution in [2.45, 2.75) is 26.4 Å². The molecule has 1 heterocycles. The number of rotatable bonds is 4. The zero-order valence-corrected chi connectivity index (χ0v) is 12.8. The molecule has 1 amide bonds. The Morgan fingerprint density at radius 2 is 2.20 bits per heavy atom. The van der Waals surface area contributed by atoms with Gasteiger partial charge in [0.2, 0.25) is 0 Å². The number of benzene rings is 1. The summed E-state index contributed by atoms with van der Waals surface area (Å²) in [6, 6.07) is 6.00. The molecule has 0 saturated heterocycles. The Morgan fingerprint density at radius 1 is 1.50 bits per heavy atom. The Hall–Kier alpha value is -1.59. The largest absolute Gasteiger partial charge is 0.397 e. The molecule has 0 bridgehead atoms. The predicted molar refractivity (Wildman–Crippen MR) is 84.2 cm³/mol. The number of thiophene rings is 1. The highest BCUT2D eigenvalue weighted by atomic mass is 32.1. The van der Waals surface area contributed by atoms with Crippen LogP contribution in [0.2, 0.25) is 0 Å². The van der Waals surface area contributed by atoms with E-state index in [4.69, 9.17) is 5.73 Å². The van der Waals surface area contributed by atoms with Gasteiger partial charge in [0.1, 0.15) is 4.88 Å². The molecule has 1 aromatic heterocycles. The Kier molecular flexibility index (Phi) is 4.30. The lowest BCUT2D eigenvalue weighted by Crippen LogP contribution is -2.29. The first-order valence-electron chi connectivity index (χ1n) is 6.62. The van der Waals surface area contributed by atoms with Gasteiger partial charge in [-0.2, -0.15) is 0 Å². The topological polar surface area (TPSA) is 66.6 Å². The van der Waals surface area contributed by atoms with Crippen LogP contribution in [0.25, 0.3) is 10.1 Å². The van der Waals surface area contributed by atoms with Crippen molar-refractivity contribution in [2.24, 2.45) is 0 Å². The lowest BCUT2D eigenvalue weighted by molar-refractivity contribution is 0.0774. The van der Waals surface area contributed by atoms with Crippen molar-refractivity contribution in [3.8, 4) is 0 Å². The van der Waals surface area contributed by atoms with Crippen molar-refractivity contribution in [2.75, 3.05) is 19.3 Å². The summed E-state index contributed by atoms with van der Waals surface area (Å²) >= 11 is 1.43. The summed E-state index contributed by atoms with van der Waals surface area (Å²) in [7, 11) is 1.74. The maximum Gasteiger partial charge on any atom is 0.265 e. The van der Waals surface area contributed by atoms with E-state index in [1.54, 1.807) is 18.9 Å². The number of carbonyl (C=O) groups excluding carboxylic acids is 1. The second-order valence-electron chi connectivity index (χ2n) is 5.21. The molecule has 2 aromatic rings. The number of aliphatic hydroxyl groups is 1. The third-order valence-corrected chi connectivity index (χ3v) is 4.46. The van der Waals surface area contributed by atoms with Gasteiger partial charge in [-0.3, -0.25) is 4.79 Å². The number of anilines is 1. The fraction of sp³-hybridized carbons (Fsp3) is 0.400. The molecule has 1 unspecified atom stereocenters. The minimum atomic E-state index is -0.410. The molecule has 0 fully saturated rings. The lowest BCUT2D eigenvalue weighted by atomic mass is 10.1. The molecule has 0 spiro atoms. The molecule has 20 heavy (non-hydrogen) atoms. The summed E-state index contributed by atoms with van der Waals surface area (Å²) < 4.78 is 1.04. The summed E-state index contributed by atoms with van der Waals surface area (Å²) in [6.07, 6.45) is 0.152. The number of nitrogens with zero attached hydrogens (tertiary/aromatic N) is 1. The Morgan fingerprint density at radius 3 is 2.85 bits per heavy atom. The van der Waals surface area contributed by atoms with E-state index in [0.717, 1.165) is 15.6 Å². The minimum absolute atomic E-state index is 0.0815. The van der Waals surface area contributed by atoms with Gasteiger partial charge in [0.15, 0.2) is 0 Å².